The molecule has 0 spiro atoms. The third-order valence-electron chi connectivity index (χ3n) is 3.44. The molecule has 0 aromatic heterocycles. The van der Waals surface area contributed by atoms with Gasteiger partial charge in [0.15, 0.2) is 0 Å². The first-order valence-corrected chi connectivity index (χ1v) is 6.86. The first-order valence-electron chi connectivity index (χ1n) is 6.86. The first-order chi connectivity index (χ1) is 9.97. The van der Waals surface area contributed by atoms with E-state index in [1.165, 1.54) is 12.1 Å². The predicted molar refractivity (Wildman–Crippen MR) is 82.9 cm³/mol. The van der Waals surface area contributed by atoms with Crippen molar-refractivity contribution in [2.45, 2.75) is 26.8 Å². The molecule has 0 aliphatic carbocycles. The second-order valence-corrected chi connectivity index (χ2v) is 5.14. The van der Waals surface area contributed by atoms with E-state index in [1.807, 2.05) is 38.1 Å². The fraction of sp³-hybridized carbons (Fsp3) is 0.235. The van der Waals surface area contributed by atoms with Crippen LogP contribution in [0, 0.1) is 19.7 Å². The second-order valence-electron chi connectivity index (χ2n) is 5.14. The molecule has 0 bridgehead atoms. The molecule has 110 valence electrons. The van der Waals surface area contributed by atoms with Gasteiger partial charge in [-0.25, -0.2) is 9.18 Å². The fourth-order valence-corrected chi connectivity index (χ4v) is 2.27. The largest absolute Gasteiger partial charge is 0.331 e. The minimum Gasteiger partial charge on any atom is -0.331 e. The lowest BCUT2D eigenvalue weighted by atomic mass is 10.0. The Hall–Kier alpha value is -2.36. The van der Waals surface area contributed by atoms with Crippen LogP contribution < -0.4 is 10.6 Å². The summed E-state index contributed by atoms with van der Waals surface area (Å²) in [6.45, 7) is 5.69. The highest BCUT2D eigenvalue weighted by Crippen LogP contribution is 2.18. The quantitative estimate of drug-likeness (QED) is 0.866. The maximum Gasteiger partial charge on any atom is 0.319 e. The van der Waals surface area contributed by atoms with E-state index in [2.05, 4.69) is 10.6 Å². The molecule has 0 unspecified atom stereocenters. The van der Waals surface area contributed by atoms with Crippen LogP contribution >= 0.6 is 0 Å². The Bertz CT molecular complexity index is 655. The van der Waals surface area contributed by atoms with Gasteiger partial charge in [0.1, 0.15) is 5.82 Å². The highest BCUT2D eigenvalue weighted by atomic mass is 19.1. The molecule has 4 heteroatoms. The number of carbonyl (C=O) groups is 1. The Balaban J connectivity index is 2.03. The molecule has 2 amide bonds. The van der Waals surface area contributed by atoms with Gasteiger partial charge in [-0.15, -0.1) is 0 Å². The van der Waals surface area contributed by atoms with Gasteiger partial charge in [0.2, 0.25) is 0 Å². The van der Waals surface area contributed by atoms with Crippen LogP contribution in [0.5, 0.6) is 0 Å². The van der Waals surface area contributed by atoms with Crippen molar-refractivity contribution >= 4 is 11.7 Å². The Morgan fingerprint density at radius 1 is 1.10 bits per heavy atom. The number of carbonyl (C=O) groups excluding carboxylic acids is 1. The summed E-state index contributed by atoms with van der Waals surface area (Å²) in [7, 11) is 0. The van der Waals surface area contributed by atoms with Gasteiger partial charge in [-0.05, 0) is 55.7 Å². The summed E-state index contributed by atoms with van der Waals surface area (Å²) in [5.74, 6) is -0.313. The maximum absolute atomic E-state index is 13.0. The summed E-state index contributed by atoms with van der Waals surface area (Å²) >= 11 is 0. The zero-order valence-corrected chi connectivity index (χ0v) is 12.4. The molecule has 0 heterocycles. The normalized spacial score (nSPS) is 11.8. The Kier molecular flexibility index (Phi) is 4.58. The average Bonchev–Trinajstić information content (AvgIpc) is 2.42. The summed E-state index contributed by atoms with van der Waals surface area (Å²) in [6.07, 6.45) is 0. The number of anilines is 1. The lowest BCUT2D eigenvalue weighted by Crippen LogP contribution is -2.31. The van der Waals surface area contributed by atoms with Gasteiger partial charge in [-0.2, -0.15) is 0 Å². The molecular weight excluding hydrogens is 267 g/mol. The molecule has 2 aromatic carbocycles. The van der Waals surface area contributed by atoms with E-state index < -0.39 is 0 Å². The summed E-state index contributed by atoms with van der Waals surface area (Å²) in [4.78, 5) is 12.0. The minimum absolute atomic E-state index is 0.105. The number of hydrogen-bond donors (Lipinski definition) is 2. The van der Waals surface area contributed by atoms with Crippen molar-refractivity contribution < 1.29 is 9.18 Å². The molecule has 2 N–H and O–H groups in total. The number of rotatable bonds is 3. The van der Waals surface area contributed by atoms with E-state index in [1.54, 1.807) is 13.0 Å². The molecule has 0 radical (unpaired) electrons. The van der Waals surface area contributed by atoms with Gasteiger partial charge in [0.25, 0.3) is 0 Å². The van der Waals surface area contributed by atoms with Gasteiger partial charge in [0.05, 0.1) is 6.04 Å². The smallest absolute Gasteiger partial charge is 0.319 e. The number of hydrogen-bond acceptors (Lipinski definition) is 1. The Morgan fingerprint density at radius 2 is 1.81 bits per heavy atom. The van der Waals surface area contributed by atoms with Crippen LogP contribution in [0.4, 0.5) is 14.9 Å². The monoisotopic (exact) mass is 286 g/mol. The maximum atomic E-state index is 13.0. The van der Waals surface area contributed by atoms with Crippen LogP contribution in [0.15, 0.2) is 42.5 Å². The topological polar surface area (TPSA) is 41.1 Å². The third-order valence-corrected chi connectivity index (χ3v) is 3.44. The number of benzene rings is 2. The van der Waals surface area contributed by atoms with Gasteiger partial charge < -0.3 is 10.6 Å². The van der Waals surface area contributed by atoms with Crippen LogP contribution in [0.3, 0.4) is 0 Å². The Morgan fingerprint density at radius 3 is 2.48 bits per heavy atom. The Labute approximate surface area is 124 Å². The lowest BCUT2D eigenvalue weighted by Gasteiger charge is -2.17. The van der Waals surface area contributed by atoms with Crippen LogP contribution in [-0.4, -0.2) is 6.03 Å². The zero-order chi connectivity index (χ0) is 15.4. The van der Waals surface area contributed by atoms with Crippen molar-refractivity contribution in [2.24, 2.45) is 0 Å². The summed E-state index contributed by atoms with van der Waals surface area (Å²) in [5, 5.41) is 5.62. The fourth-order valence-electron chi connectivity index (χ4n) is 2.27. The average molecular weight is 286 g/mol. The molecule has 0 saturated heterocycles. The van der Waals surface area contributed by atoms with Gasteiger partial charge in [-0.1, -0.05) is 24.3 Å². The number of urea groups is 1. The molecule has 0 fully saturated rings. The van der Waals surface area contributed by atoms with Crippen molar-refractivity contribution in [3.05, 3.63) is 65.0 Å². The SMILES string of the molecule is Cc1cc(F)ccc1NC(=O)N[C@@H](C)c1ccccc1C. The first kappa shape index (κ1) is 15.0. The minimum atomic E-state index is -0.313. The van der Waals surface area contributed by atoms with Crippen molar-refractivity contribution in [1.29, 1.82) is 0 Å². The third kappa shape index (κ3) is 3.81. The van der Waals surface area contributed by atoms with E-state index in [-0.39, 0.29) is 17.9 Å². The summed E-state index contributed by atoms with van der Waals surface area (Å²) in [5.41, 5.74) is 3.49. The molecule has 0 aliphatic heterocycles. The molecule has 2 aromatic rings. The highest BCUT2D eigenvalue weighted by molar-refractivity contribution is 5.90. The predicted octanol–water partition coefficient (Wildman–Crippen LogP) is 4.33. The van der Waals surface area contributed by atoms with Crippen molar-refractivity contribution in [3.63, 3.8) is 0 Å². The van der Waals surface area contributed by atoms with E-state index in [0.29, 0.717) is 11.3 Å². The van der Waals surface area contributed by atoms with Crippen molar-refractivity contribution in [3.8, 4) is 0 Å². The van der Waals surface area contributed by atoms with Crippen molar-refractivity contribution in [2.75, 3.05) is 5.32 Å². The van der Waals surface area contributed by atoms with Gasteiger partial charge >= 0.3 is 6.03 Å². The number of halogens is 1. The summed E-state index contributed by atoms with van der Waals surface area (Å²) in [6, 6.07) is 11.8. The molecular formula is C17H19FN2O. The molecule has 2 rings (SSSR count). The lowest BCUT2D eigenvalue weighted by molar-refractivity contribution is 0.249. The second kappa shape index (κ2) is 6.39. The number of aryl methyl sites for hydroxylation is 2. The van der Waals surface area contributed by atoms with E-state index >= 15 is 0 Å². The standard InChI is InChI=1S/C17H19FN2O/c1-11-6-4-5-7-15(11)13(3)19-17(21)20-16-9-8-14(18)10-12(16)2/h4-10,13H,1-3H3,(H2,19,20,21)/t13-/m0/s1. The molecule has 21 heavy (non-hydrogen) atoms. The zero-order valence-electron chi connectivity index (χ0n) is 12.4. The summed E-state index contributed by atoms with van der Waals surface area (Å²) < 4.78 is 13.0. The van der Waals surface area contributed by atoms with E-state index in [0.717, 1.165) is 11.1 Å². The van der Waals surface area contributed by atoms with Crippen LogP contribution in [0.25, 0.3) is 0 Å². The van der Waals surface area contributed by atoms with Crippen molar-refractivity contribution in [1.82, 2.24) is 5.32 Å². The number of amides is 2. The van der Waals surface area contributed by atoms with Crippen LogP contribution in [0.1, 0.15) is 29.7 Å². The molecule has 0 saturated carbocycles. The van der Waals surface area contributed by atoms with Gasteiger partial charge in [-0.3, -0.25) is 0 Å². The highest BCUT2D eigenvalue weighted by Gasteiger charge is 2.12. The molecule has 0 aliphatic rings. The van der Waals surface area contributed by atoms with E-state index in [4.69, 9.17) is 0 Å². The van der Waals surface area contributed by atoms with Gasteiger partial charge in [0, 0.05) is 5.69 Å². The molecule has 1 atom stereocenters. The van der Waals surface area contributed by atoms with Crippen LogP contribution in [0.2, 0.25) is 0 Å². The number of nitrogens with one attached hydrogen (secondary N) is 2. The van der Waals surface area contributed by atoms with Crippen LogP contribution in [-0.2, 0) is 0 Å². The van der Waals surface area contributed by atoms with E-state index in [9.17, 15) is 9.18 Å². The molecule has 3 nitrogen and oxygen atoms in total.